The molecule has 0 aliphatic heterocycles. The molecular weight excluding hydrogens is 396 g/mol. The molecule has 0 amide bonds. The lowest BCUT2D eigenvalue weighted by molar-refractivity contribution is 0.368. The van der Waals surface area contributed by atoms with Gasteiger partial charge in [-0.3, -0.25) is 0 Å². The monoisotopic (exact) mass is 408 g/mol. The lowest BCUT2D eigenvalue weighted by Crippen LogP contribution is -2.07. The number of hydrogen-bond acceptors (Lipinski definition) is 3. The van der Waals surface area contributed by atoms with E-state index in [1.807, 2.05) is 48.5 Å². The van der Waals surface area contributed by atoms with Crippen LogP contribution in [-0.2, 0) is 0 Å². The maximum absolute atomic E-state index is 8.49. The fraction of sp³-hybridized carbons (Fsp3) is 0.188. The van der Waals surface area contributed by atoms with Gasteiger partial charge in [0.1, 0.15) is 11.8 Å². The summed E-state index contributed by atoms with van der Waals surface area (Å²) in [5.41, 5.74) is 2.18. The molecule has 2 rings (SSSR count). The zero-order chi connectivity index (χ0) is 15.2. The van der Waals surface area contributed by atoms with Crippen LogP contribution >= 0.6 is 31.9 Å². The van der Waals surface area contributed by atoms with E-state index in [0.717, 1.165) is 20.2 Å². The Balaban J connectivity index is 2.06. The number of nitrogens with zero attached hydrogens (tertiary/aromatic N) is 1. The van der Waals surface area contributed by atoms with E-state index in [2.05, 4.69) is 44.1 Å². The molecule has 0 spiro atoms. The van der Waals surface area contributed by atoms with Gasteiger partial charge in [0.15, 0.2) is 6.61 Å². The van der Waals surface area contributed by atoms with Gasteiger partial charge in [-0.1, -0.05) is 28.1 Å². The standard InChI is InChI=1S/C16H14Br2N2O/c1-11(20-16-7-4-13(17)10-15(16)18)12-2-5-14(6-3-12)21-9-8-19/h2-7,10-11,20H,9H2,1H3. The molecule has 21 heavy (non-hydrogen) atoms. The van der Waals surface area contributed by atoms with E-state index in [1.165, 1.54) is 0 Å². The molecule has 108 valence electrons. The second-order valence-electron chi connectivity index (χ2n) is 4.51. The van der Waals surface area contributed by atoms with Gasteiger partial charge in [-0.15, -0.1) is 0 Å². The molecule has 0 aromatic heterocycles. The van der Waals surface area contributed by atoms with Crippen molar-refractivity contribution in [1.82, 2.24) is 0 Å². The van der Waals surface area contributed by atoms with Crippen LogP contribution in [-0.4, -0.2) is 6.61 Å². The van der Waals surface area contributed by atoms with E-state index in [9.17, 15) is 0 Å². The molecule has 0 saturated carbocycles. The largest absolute Gasteiger partial charge is 0.479 e. The number of hydrogen-bond donors (Lipinski definition) is 1. The maximum Gasteiger partial charge on any atom is 0.174 e. The van der Waals surface area contributed by atoms with Crippen LogP contribution in [0.1, 0.15) is 18.5 Å². The van der Waals surface area contributed by atoms with E-state index in [-0.39, 0.29) is 12.6 Å². The van der Waals surface area contributed by atoms with E-state index in [1.54, 1.807) is 0 Å². The lowest BCUT2D eigenvalue weighted by atomic mass is 10.1. The van der Waals surface area contributed by atoms with Gasteiger partial charge >= 0.3 is 0 Å². The number of ether oxygens (including phenoxy) is 1. The normalized spacial score (nSPS) is 11.5. The highest BCUT2D eigenvalue weighted by Gasteiger charge is 2.08. The Bertz CT molecular complexity index is 650. The number of anilines is 1. The van der Waals surface area contributed by atoms with E-state index in [4.69, 9.17) is 10.00 Å². The summed E-state index contributed by atoms with van der Waals surface area (Å²) in [6, 6.07) is 15.9. The van der Waals surface area contributed by atoms with Crippen molar-refractivity contribution in [2.75, 3.05) is 11.9 Å². The minimum absolute atomic E-state index is 0.0684. The molecule has 1 N–H and O–H groups in total. The topological polar surface area (TPSA) is 45.0 Å². The van der Waals surface area contributed by atoms with Gasteiger partial charge in [0, 0.05) is 20.7 Å². The Kier molecular flexibility index (Phi) is 5.66. The van der Waals surface area contributed by atoms with Crippen molar-refractivity contribution in [3.8, 4) is 11.8 Å². The number of nitrogens with one attached hydrogen (secondary N) is 1. The average molecular weight is 410 g/mol. The molecule has 1 unspecified atom stereocenters. The Labute approximate surface area is 141 Å². The first-order valence-corrected chi connectivity index (χ1v) is 8.00. The van der Waals surface area contributed by atoms with Crippen LogP contribution in [0.4, 0.5) is 5.69 Å². The summed E-state index contributed by atoms with van der Waals surface area (Å²) >= 11 is 6.99. The van der Waals surface area contributed by atoms with Crippen molar-refractivity contribution < 1.29 is 4.74 Å². The van der Waals surface area contributed by atoms with Crippen LogP contribution in [0.15, 0.2) is 51.4 Å². The molecule has 0 aliphatic rings. The van der Waals surface area contributed by atoms with Crippen molar-refractivity contribution in [2.24, 2.45) is 0 Å². The molecule has 0 aliphatic carbocycles. The molecule has 0 heterocycles. The first-order chi connectivity index (χ1) is 10.1. The molecule has 5 heteroatoms. The van der Waals surface area contributed by atoms with Gasteiger partial charge in [0.25, 0.3) is 0 Å². The summed E-state index contributed by atoms with van der Waals surface area (Å²) < 4.78 is 7.29. The molecule has 1 atom stereocenters. The van der Waals surface area contributed by atoms with Crippen LogP contribution < -0.4 is 10.1 Å². The Morgan fingerprint density at radius 1 is 1.19 bits per heavy atom. The quantitative estimate of drug-likeness (QED) is 0.729. The fourth-order valence-corrected chi connectivity index (χ4v) is 3.05. The molecule has 3 nitrogen and oxygen atoms in total. The minimum atomic E-state index is 0.0684. The summed E-state index contributed by atoms with van der Waals surface area (Å²) in [6.45, 7) is 2.17. The molecule has 0 saturated heterocycles. The Morgan fingerprint density at radius 3 is 2.52 bits per heavy atom. The van der Waals surface area contributed by atoms with Crippen molar-refractivity contribution >= 4 is 37.5 Å². The van der Waals surface area contributed by atoms with Crippen molar-refractivity contribution in [1.29, 1.82) is 5.26 Å². The minimum Gasteiger partial charge on any atom is -0.479 e. The predicted molar refractivity (Wildman–Crippen MR) is 91.4 cm³/mol. The van der Waals surface area contributed by atoms with Gasteiger partial charge < -0.3 is 10.1 Å². The summed E-state index contributed by atoms with van der Waals surface area (Å²) in [5.74, 6) is 0.706. The van der Waals surface area contributed by atoms with Crippen molar-refractivity contribution in [3.63, 3.8) is 0 Å². The third-order valence-corrected chi connectivity index (χ3v) is 4.14. The summed E-state index contributed by atoms with van der Waals surface area (Å²) in [6.07, 6.45) is 0. The SMILES string of the molecule is CC(Nc1ccc(Br)cc1Br)c1ccc(OCC#N)cc1. The third kappa shape index (κ3) is 4.48. The van der Waals surface area contributed by atoms with E-state index < -0.39 is 0 Å². The second kappa shape index (κ2) is 7.48. The molecule has 0 radical (unpaired) electrons. The van der Waals surface area contributed by atoms with Crippen LogP contribution in [0.25, 0.3) is 0 Å². The van der Waals surface area contributed by atoms with E-state index >= 15 is 0 Å². The average Bonchev–Trinajstić information content (AvgIpc) is 2.48. The fourth-order valence-electron chi connectivity index (χ4n) is 1.89. The van der Waals surface area contributed by atoms with Crippen LogP contribution in [0.2, 0.25) is 0 Å². The Morgan fingerprint density at radius 2 is 1.90 bits per heavy atom. The highest BCUT2D eigenvalue weighted by atomic mass is 79.9. The smallest absolute Gasteiger partial charge is 0.174 e. The molecule has 2 aromatic rings. The highest BCUT2D eigenvalue weighted by Crippen LogP contribution is 2.29. The van der Waals surface area contributed by atoms with Crippen molar-refractivity contribution in [3.05, 3.63) is 57.0 Å². The van der Waals surface area contributed by atoms with Crippen LogP contribution in [0, 0.1) is 11.3 Å². The van der Waals surface area contributed by atoms with E-state index in [0.29, 0.717) is 5.75 Å². The number of rotatable bonds is 5. The second-order valence-corrected chi connectivity index (χ2v) is 6.28. The summed E-state index contributed by atoms with van der Waals surface area (Å²) in [5, 5.41) is 11.9. The molecule has 0 bridgehead atoms. The van der Waals surface area contributed by atoms with Crippen LogP contribution in [0.3, 0.4) is 0 Å². The summed E-state index contributed by atoms with van der Waals surface area (Å²) in [4.78, 5) is 0. The van der Waals surface area contributed by atoms with Gasteiger partial charge in [0.2, 0.25) is 0 Å². The number of halogens is 2. The van der Waals surface area contributed by atoms with Gasteiger partial charge in [0.05, 0.1) is 0 Å². The lowest BCUT2D eigenvalue weighted by Gasteiger charge is -2.17. The maximum atomic E-state index is 8.49. The zero-order valence-corrected chi connectivity index (χ0v) is 14.6. The van der Waals surface area contributed by atoms with Gasteiger partial charge in [-0.05, 0) is 58.7 Å². The molecule has 2 aromatic carbocycles. The highest BCUT2D eigenvalue weighted by molar-refractivity contribution is 9.11. The van der Waals surface area contributed by atoms with Crippen molar-refractivity contribution in [2.45, 2.75) is 13.0 Å². The third-order valence-electron chi connectivity index (χ3n) is 2.99. The van der Waals surface area contributed by atoms with Gasteiger partial charge in [-0.25, -0.2) is 0 Å². The van der Waals surface area contributed by atoms with Crippen LogP contribution in [0.5, 0.6) is 5.75 Å². The number of nitriles is 1. The number of benzene rings is 2. The Hall–Kier alpha value is -1.51. The van der Waals surface area contributed by atoms with Gasteiger partial charge in [-0.2, -0.15) is 5.26 Å². The first-order valence-electron chi connectivity index (χ1n) is 6.41. The zero-order valence-electron chi connectivity index (χ0n) is 11.4. The first kappa shape index (κ1) is 15.9. The molecule has 0 fully saturated rings. The summed E-state index contributed by atoms with van der Waals surface area (Å²) in [7, 11) is 0. The predicted octanol–water partition coefficient (Wildman–Crippen LogP) is 5.29. The molecular formula is C16H14Br2N2O.